The van der Waals surface area contributed by atoms with Crippen molar-refractivity contribution >= 4 is 34.3 Å². The van der Waals surface area contributed by atoms with E-state index in [9.17, 15) is 0 Å². The lowest BCUT2D eigenvalue weighted by Gasteiger charge is -2.17. The number of benzene rings is 1. The Hall–Kier alpha value is -2.76. The quantitative estimate of drug-likeness (QED) is 0.541. The first-order valence-electron chi connectivity index (χ1n) is 5.60. The van der Waals surface area contributed by atoms with Gasteiger partial charge in [0, 0.05) is 11.1 Å². The number of alkyl halides is 2. The Kier molecular flexibility index (Phi) is 3.71. The number of halogens is 2. The first-order chi connectivity index (χ1) is 10.0. The Morgan fingerprint density at radius 1 is 0.762 bits per heavy atom. The average molecular weight is 311 g/mol. The van der Waals surface area contributed by atoms with Crippen LogP contribution in [0.2, 0.25) is 0 Å². The van der Waals surface area contributed by atoms with Gasteiger partial charge in [-0.05, 0) is 11.1 Å². The molecule has 0 spiro atoms. The molecule has 0 bridgehead atoms. The van der Waals surface area contributed by atoms with Crippen LogP contribution in [-0.2, 0) is 0 Å². The van der Waals surface area contributed by atoms with Crippen LogP contribution in [0.15, 0.2) is 35.4 Å². The van der Waals surface area contributed by atoms with E-state index in [0.29, 0.717) is 11.1 Å². The largest absolute Gasteiger partial charge is 0.192 e. The van der Waals surface area contributed by atoms with E-state index < -0.39 is 4.33 Å². The van der Waals surface area contributed by atoms with Crippen LogP contribution < -0.4 is 0 Å². The Morgan fingerprint density at radius 3 is 1.38 bits per heavy atom. The summed E-state index contributed by atoms with van der Waals surface area (Å²) in [5, 5.41) is 36.4. The van der Waals surface area contributed by atoms with Crippen molar-refractivity contribution in [3.05, 3.63) is 46.5 Å². The summed E-state index contributed by atoms with van der Waals surface area (Å²) in [6, 6.07) is 13.6. The Balaban J connectivity index is 3.03. The third-order valence-corrected chi connectivity index (χ3v) is 3.80. The first-order valence-corrected chi connectivity index (χ1v) is 6.36. The summed E-state index contributed by atoms with van der Waals surface area (Å²) in [5.41, 5.74) is 0.640. The smallest absolute Gasteiger partial charge is 0.173 e. The van der Waals surface area contributed by atoms with Crippen molar-refractivity contribution in [2.24, 2.45) is 0 Å². The molecule has 0 atom stereocenters. The van der Waals surface area contributed by atoms with Crippen molar-refractivity contribution in [1.82, 2.24) is 0 Å². The van der Waals surface area contributed by atoms with Crippen LogP contribution in [-0.4, -0.2) is 4.33 Å². The second-order valence-electron chi connectivity index (χ2n) is 4.07. The van der Waals surface area contributed by atoms with E-state index >= 15 is 0 Å². The Morgan fingerprint density at radius 2 is 1.10 bits per heavy atom. The molecule has 0 N–H and O–H groups in total. The normalized spacial score (nSPS) is 14.2. The standard InChI is InChI=1S/C15H4Cl2N4/c16-15(17)13(9(5-18)6-19)11-3-1-2-4-12(11)14(15)10(7-20)8-21/h1-4H. The highest BCUT2D eigenvalue weighted by Gasteiger charge is 2.47. The van der Waals surface area contributed by atoms with E-state index in [4.69, 9.17) is 44.2 Å². The molecule has 0 amide bonds. The molecule has 0 fully saturated rings. The van der Waals surface area contributed by atoms with Crippen molar-refractivity contribution in [3.8, 4) is 24.3 Å². The fourth-order valence-electron chi connectivity index (χ4n) is 2.24. The SMILES string of the molecule is N#CC(C#N)=C1c2ccccc2C(=C(C#N)C#N)C1(Cl)Cl. The van der Waals surface area contributed by atoms with Gasteiger partial charge in [0.1, 0.15) is 35.4 Å². The number of rotatable bonds is 0. The molecule has 1 aliphatic rings. The van der Waals surface area contributed by atoms with E-state index in [0.717, 1.165) is 0 Å². The summed E-state index contributed by atoms with van der Waals surface area (Å²) < 4.78 is -1.80. The zero-order valence-electron chi connectivity index (χ0n) is 10.4. The van der Waals surface area contributed by atoms with E-state index in [1.165, 1.54) is 0 Å². The monoisotopic (exact) mass is 310 g/mol. The molecular weight excluding hydrogens is 307 g/mol. The molecule has 0 radical (unpaired) electrons. The molecule has 0 heterocycles. The zero-order valence-corrected chi connectivity index (χ0v) is 11.9. The molecule has 0 saturated carbocycles. The van der Waals surface area contributed by atoms with E-state index in [-0.39, 0.29) is 22.3 Å². The van der Waals surface area contributed by atoms with E-state index in [1.54, 1.807) is 48.5 Å². The maximum atomic E-state index is 9.09. The lowest BCUT2D eigenvalue weighted by atomic mass is 10.0. The van der Waals surface area contributed by atoms with Gasteiger partial charge in [0.2, 0.25) is 0 Å². The van der Waals surface area contributed by atoms with Crippen LogP contribution in [0.3, 0.4) is 0 Å². The lowest BCUT2D eigenvalue weighted by Crippen LogP contribution is -2.13. The molecule has 0 aromatic heterocycles. The molecule has 0 saturated heterocycles. The van der Waals surface area contributed by atoms with Crippen LogP contribution in [0.4, 0.5) is 0 Å². The molecule has 1 aliphatic carbocycles. The predicted octanol–water partition coefficient (Wildman–Crippen LogP) is 3.48. The van der Waals surface area contributed by atoms with E-state index in [1.807, 2.05) is 0 Å². The minimum Gasteiger partial charge on any atom is -0.192 e. The number of nitrogens with zero attached hydrogens (tertiary/aromatic N) is 4. The van der Waals surface area contributed by atoms with Gasteiger partial charge in [0.25, 0.3) is 0 Å². The third-order valence-electron chi connectivity index (χ3n) is 3.04. The van der Waals surface area contributed by atoms with Crippen LogP contribution in [0.25, 0.3) is 11.1 Å². The van der Waals surface area contributed by atoms with Crippen LogP contribution in [0.5, 0.6) is 0 Å². The molecule has 6 heteroatoms. The molecule has 2 rings (SSSR count). The van der Waals surface area contributed by atoms with Gasteiger partial charge in [-0.2, -0.15) is 21.0 Å². The molecule has 98 valence electrons. The fraction of sp³-hybridized carbons (Fsp3) is 0.0667. The van der Waals surface area contributed by atoms with Crippen molar-refractivity contribution in [2.45, 2.75) is 4.33 Å². The highest BCUT2D eigenvalue weighted by molar-refractivity contribution is 6.62. The van der Waals surface area contributed by atoms with Gasteiger partial charge in [0.15, 0.2) is 4.33 Å². The average Bonchev–Trinajstić information content (AvgIpc) is 2.71. The van der Waals surface area contributed by atoms with Gasteiger partial charge in [-0.1, -0.05) is 47.5 Å². The Labute approximate surface area is 131 Å². The van der Waals surface area contributed by atoms with E-state index in [2.05, 4.69) is 0 Å². The number of hydrogen-bond donors (Lipinski definition) is 0. The maximum absolute atomic E-state index is 9.09. The van der Waals surface area contributed by atoms with Crippen molar-refractivity contribution < 1.29 is 0 Å². The summed E-state index contributed by atoms with van der Waals surface area (Å²) >= 11 is 12.6. The van der Waals surface area contributed by atoms with Gasteiger partial charge in [0.05, 0.1) is 0 Å². The highest BCUT2D eigenvalue weighted by Crippen LogP contribution is 2.56. The van der Waals surface area contributed by atoms with Gasteiger partial charge in [-0.15, -0.1) is 0 Å². The van der Waals surface area contributed by atoms with Crippen molar-refractivity contribution in [1.29, 1.82) is 21.0 Å². The summed E-state index contributed by atoms with van der Waals surface area (Å²) in [7, 11) is 0. The number of allylic oxidation sites excluding steroid dienone is 4. The van der Waals surface area contributed by atoms with Crippen molar-refractivity contribution in [3.63, 3.8) is 0 Å². The van der Waals surface area contributed by atoms with Gasteiger partial charge in [-0.3, -0.25) is 0 Å². The second-order valence-corrected chi connectivity index (χ2v) is 5.39. The first kappa shape index (κ1) is 14.6. The minimum atomic E-state index is -1.80. The Bertz CT molecular complexity index is 762. The lowest BCUT2D eigenvalue weighted by molar-refractivity contribution is 1.33. The minimum absolute atomic E-state index is 0.101. The number of fused-ring (bicyclic) bond motifs is 1. The molecule has 0 aliphatic heterocycles. The van der Waals surface area contributed by atoms with Crippen LogP contribution in [0.1, 0.15) is 11.1 Å². The summed E-state index contributed by atoms with van der Waals surface area (Å²) in [6.45, 7) is 0. The number of nitriles is 4. The fourth-order valence-corrected chi connectivity index (χ4v) is 3.02. The number of hydrogen-bond acceptors (Lipinski definition) is 4. The van der Waals surface area contributed by atoms with Gasteiger partial charge < -0.3 is 0 Å². The molecular formula is C15H4Cl2N4. The molecule has 21 heavy (non-hydrogen) atoms. The predicted molar refractivity (Wildman–Crippen MR) is 77.2 cm³/mol. The van der Waals surface area contributed by atoms with Gasteiger partial charge >= 0.3 is 0 Å². The summed E-state index contributed by atoms with van der Waals surface area (Å²) in [6.07, 6.45) is 0. The maximum Gasteiger partial charge on any atom is 0.173 e. The van der Waals surface area contributed by atoms with Crippen LogP contribution >= 0.6 is 23.2 Å². The summed E-state index contributed by atoms with van der Waals surface area (Å²) in [4.78, 5) is 0. The highest BCUT2D eigenvalue weighted by atomic mass is 35.5. The second kappa shape index (κ2) is 5.32. The molecule has 1 aromatic rings. The van der Waals surface area contributed by atoms with Gasteiger partial charge in [-0.25, -0.2) is 0 Å². The third kappa shape index (κ3) is 2.05. The zero-order chi connectivity index (χ0) is 15.6. The topological polar surface area (TPSA) is 95.2 Å². The van der Waals surface area contributed by atoms with Crippen molar-refractivity contribution in [2.75, 3.05) is 0 Å². The molecule has 0 unspecified atom stereocenters. The summed E-state index contributed by atoms with van der Waals surface area (Å²) in [5.74, 6) is 0. The molecule has 4 nitrogen and oxygen atoms in total. The van der Waals surface area contributed by atoms with Crippen LogP contribution in [0, 0.1) is 45.3 Å². The molecule has 1 aromatic carbocycles.